The number of fused-ring (bicyclic) bond motifs is 1. The quantitative estimate of drug-likeness (QED) is 0.451. The molecule has 1 aromatic carbocycles. The van der Waals surface area contributed by atoms with Crippen LogP contribution >= 0.6 is 0 Å². The first kappa shape index (κ1) is 15.2. The molecule has 2 rings (SSSR count). The molecule has 0 saturated carbocycles. The topological polar surface area (TPSA) is 139 Å². The number of nitro benzene ring substituents is 1. The summed E-state index contributed by atoms with van der Waals surface area (Å²) < 4.78 is 0.771. The molecule has 0 atom stereocenters. The van der Waals surface area contributed by atoms with E-state index in [1.807, 2.05) is 0 Å². The van der Waals surface area contributed by atoms with Gasteiger partial charge in [-0.1, -0.05) is 0 Å². The lowest BCUT2D eigenvalue weighted by molar-refractivity contribution is -0.384. The average Bonchev–Trinajstić information content (AvgIpc) is 2.42. The van der Waals surface area contributed by atoms with Crippen molar-refractivity contribution >= 4 is 28.4 Å². The van der Waals surface area contributed by atoms with Crippen molar-refractivity contribution in [3.05, 3.63) is 43.0 Å². The molecule has 0 saturated heterocycles. The van der Waals surface area contributed by atoms with Crippen molar-refractivity contribution in [1.29, 1.82) is 0 Å². The van der Waals surface area contributed by atoms with Gasteiger partial charge in [-0.2, -0.15) is 0 Å². The molecule has 0 bridgehead atoms. The summed E-state index contributed by atoms with van der Waals surface area (Å²) in [7, 11) is 3.14. The fourth-order valence-electron chi connectivity index (χ4n) is 2.09. The molecule has 2 N–H and O–H groups in total. The SMILES string of the molecule is CN(C)c1cc2c(cc1[N+](=O)[O-])[nH]c(=O)c(=O)n2CC(=O)O. The largest absolute Gasteiger partial charge is 0.480 e. The van der Waals surface area contributed by atoms with E-state index in [0.717, 1.165) is 10.6 Å². The minimum absolute atomic E-state index is 0.0168. The van der Waals surface area contributed by atoms with Gasteiger partial charge >= 0.3 is 17.1 Å². The van der Waals surface area contributed by atoms with Crippen LogP contribution in [0.5, 0.6) is 0 Å². The zero-order chi connectivity index (χ0) is 16.6. The van der Waals surface area contributed by atoms with Gasteiger partial charge in [0.1, 0.15) is 12.2 Å². The number of hydrogen-bond donors (Lipinski definition) is 2. The van der Waals surface area contributed by atoms with Gasteiger partial charge in [0.2, 0.25) is 0 Å². The second kappa shape index (κ2) is 5.31. The molecule has 0 aliphatic carbocycles. The number of hydrogen-bond acceptors (Lipinski definition) is 6. The number of H-pyrrole nitrogens is 1. The van der Waals surface area contributed by atoms with Gasteiger partial charge in [0.15, 0.2) is 0 Å². The summed E-state index contributed by atoms with van der Waals surface area (Å²) >= 11 is 0. The highest BCUT2D eigenvalue weighted by atomic mass is 16.6. The summed E-state index contributed by atoms with van der Waals surface area (Å²) in [5.41, 5.74) is -2.05. The first-order chi connectivity index (χ1) is 10.2. The third kappa shape index (κ3) is 2.53. The summed E-state index contributed by atoms with van der Waals surface area (Å²) in [5.74, 6) is -1.31. The third-order valence-electron chi connectivity index (χ3n) is 3.04. The highest BCUT2D eigenvalue weighted by Gasteiger charge is 2.20. The molecule has 0 radical (unpaired) electrons. The van der Waals surface area contributed by atoms with E-state index in [1.165, 1.54) is 11.0 Å². The maximum absolute atomic E-state index is 11.8. The minimum atomic E-state index is -1.31. The fourth-order valence-corrected chi connectivity index (χ4v) is 2.09. The van der Waals surface area contributed by atoms with Crippen molar-refractivity contribution in [2.75, 3.05) is 19.0 Å². The lowest BCUT2D eigenvalue weighted by Gasteiger charge is -2.15. The van der Waals surface area contributed by atoms with Crippen molar-refractivity contribution in [2.45, 2.75) is 6.54 Å². The van der Waals surface area contributed by atoms with E-state index < -0.39 is 28.6 Å². The molecule has 10 heteroatoms. The Labute approximate surface area is 122 Å². The van der Waals surface area contributed by atoms with Gasteiger partial charge in [-0.3, -0.25) is 29.1 Å². The Morgan fingerprint density at radius 2 is 2.05 bits per heavy atom. The summed E-state index contributed by atoms with van der Waals surface area (Å²) in [6.07, 6.45) is 0. The van der Waals surface area contributed by atoms with Crippen LogP contribution in [0.4, 0.5) is 11.4 Å². The molecular formula is C12H12N4O6. The molecule has 10 nitrogen and oxygen atoms in total. The van der Waals surface area contributed by atoms with Crippen molar-refractivity contribution in [2.24, 2.45) is 0 Å². The molecule has 1 heterocycles. The smallest absolute Gasteiger partial charge is 0.323 e. The average molecular weight is 308 g/mol. The number of rotatable bonds is 4. The lowest BCUT2D eigenvalue weighted by atomic mass is 10.2. The number of carboxylic acids is 1. The normalized spacial score (nSPS) is 10.6. The van der Waals surface area contributed by atoms with Crippen LogP contribution in [0.1, 0.15) is 0 Å². The van der Waals surface area contributed by atoms with Crippen LogP contribution < -0.4 is 16.0 Å². The lowest BCUT2D eigenvalue weighted by Crippen LogP contribution is -2.37. The second-order valence-corrected chi connectivity index (χ2v) is 4.75. The van der Waals surface area contributed by atoms with Gasteiger partial charge in [0.05, 0.1) is 16.0 Å². The maximum atomic E-state index is 11.8. The van der Waals surface area contributed by atoms with Crippen LogP contribution in [-0.2, 0) is 11.3 Å². The van der Waals surface area contributed by atoms with Crippen molar-refractivity contribution in [3.63, 3.8) is 0 Å². The molecule has 0 aliphatic heterocycles. The Hall–Kier alpha value is -3.17. The van der Waals surface area contributed by atoms with Gasteiger partial charge < -0.3 is 15.0 Å². The summed E-state index contributed by atoms with van der Waals surface area (Å²) in [6.45, 7) is -0.718. The second-order valence-electron chi connectivity index (χ2n) is 4.75. The molecule has 2 aromatic rings. The molecule has 0 spiro atoms. The Bertz CT molecular complexity index is 895. The number of carbonyl (C=O) groups is 1. The van der Waals surface area contributed by atoms with Gasteiger partial charge in [-0.05, 0) is 6.07 Å². The standard InChI is InChI=1S/C12H12N4O6/c1-14(2)8-4-7-6(3-9(8)16(21)22)13-11(19)12(20)15(7)5-10(17)18/h3-4H,5H2,1-2H3,(H,13,19)(H,17,18). The molecule has 0 unspecified atom stereocenters. The Morgan fingerprint density at radius 3 is 2.55 bits per heavy atom. The number of anilines is 1. The monoisotopic (exact) mass is 308 g/mol. The van der Waals surface area contributed by atoms with E-state index in [2.05, 4.69) is 4.98 Å². The molecule has 0 fully saturated rings. The van der Waals surface area contributed by atoms with Crippen molar-refractivity contribution < 1.29 is 14.8 Å². The molecule has 22 heavy (non-hydrogen) atoms. The first-order valence-electron chi connectivity index (χ1n) is 6.06. The third-order valence-corrected chi connectivity index (χ3v) is 3.04. The summed E-state index contributed by atoms with van der Waals surface area (Å²) in [4.78, 5) is 48.4. The number of nitro groups is 1. The van der Waals surface area contributed by atoms with Crippen molar-refractivity contribution in [3.8, 4) is 0 Å². The number of benzene rings is 1. The number of aromatic amines is 1. The number of aromatic nitrogens is 2. The zero-order valence-corrected chi connectivity index (χ0v) is 11.7. The van der Waals surface area contributed by atoms with E-state index in [-0.39, 0.29) is 22.4 Å². The minimum Gasteiger partial charge on any atom is -0.480 e. The Balaban J connectivity index is 2.95. The van der Waals surface area contributed by atoms with E-state index >= 15 is 0 Å². The molecule has 0 amide bonds. The van der Waals surface area contributed by atoms with Gasteiger partial charge in [0, 0.05) is 20.2 Å². The molecule has 116 valence electrons. The van der Waals surface area contributed by atoms with Crippen molar-refractivity contribution in [1.82, 2.24) is 9.55 Å². The van der Waals surface area contributed by atoms with E-state index in [0.29, 0.717) is 0 Å². The highest BCUT2D eigenvalue weighted by Crippen LogP contribution is 2.30. The van der Waals surface area contributed by atoms with Gasteiger partial charge in [0.25, 0.3) is 5.69 Å². The maximum Gasteiger partial charge on any atom is 0.323 e. The molecular weight excluding hydrogens is 296 g/mol. The fraction of sp³-hybridized carbons (Fsp3) is 0.250. The van der Waals surface area contributed by atoms with Crippen LogP contribution in [0, 0.1) is 10.1 Å². The molecule has 0 aliphatic rings. The van der Waals surface area contributed by atoms with Gasteiger partial charge in [-0.25, -0.2) is 0 Å². The van der Waals surface area contributed by atoms with Crippen LogP contribution in [0.3, 0.4) is 0 Å². The van der Waals surface area contributed by atoms with Gasteiger partial charge in [-0.15, -0.1) is 0 Å². The van der Waals surface area contributed by atoms with Crippen LogP contribution in [0.2, 0.25) is 0 Å². The summed E-state index contributed by atoms with van der Waals surface area (Å²) in [5, 5.41) is 20.0. The molecule has 1 aromatic heterocycles. The predicted molar refractivity (Wildman–Crippen MR) is 77.4 cm³/mol. The van der Waals surface area contributed by atoms with Crippen LogP contribution in [0.25, 0.3) is 11.0 Å². The number of nitrogens with zero attached hydrogens (tertiary/aromatic N) is 3. The number of aliphatic carboxylic acids is 1. The predicted octanol–water partition coefficient (Wildman–Crippen LogP) is -0.251. The van der Waals surface area contributed by atoms with E-state index in [4.69, 9.17) is 5.11 Å². The Kier molecular flexibility index (Phi) is 3.68. The van der Waals surface area contributed by atoms with Crippen LogP contribution in [-0.4, -0.2) is 39.6 Å². The zero-order valence-electron chi connectivity index (χ0n) is 11.7. The highest BCUT2D eigenvalue weighted by molar-refractivity contribution is 5.86. The van der Waals surface area contributed by atoms with E-state index in [9.17, 15) is 24.5 Å². The first-order valence-corrected chi connectivity index (χ1v) is 6.06. The number of nitrogens with one attached hydrogen (secondary N) is 1. The van der Waals surface area contributed by atoms with Crippen LogP contribution in [0.15, 0.2) is 21.7 Å². The summed E-state index contributed by atoms with van der Waals surface area (Å²) in [6, 6.07) is 2.40. The van der Waals surface area contributed by atoms with E-state index in [1.54, 1.807) is 14.1 Å². The Morgan fingerprint density at radius 1 is 1.41 bits per heavy atom. The number of carboxylic acid groups (broad SMARTS) is 1.